The molecule has 0 amide bonds. The Morgan fingerprint density at radius 1 is 1.53 bits per heavy atom. The number of hydrogen-bond donors (Lipinski definition) is 1. The molecule has 0 atom stereocenters. The van der Waals surface area contributed by atoms with E-state index in [1.165, 1.54) is 0 Å². The number of nitrogens with two attached hydrogens (primary N) is 1. The smallest absolute Gasteiger partial charge is 0.165 e. The molecule has 0 aliphatic rings. The van der Waals surface area contributed by atoms with Gasteiger partial charge in [-0.25, -0.2) is 4.98 Å². The van der Waals surface area contributed by atoms with Gasteiger partial charge >= 0.3 is 0 Å². The van der Waals surface area contributed by atoms with Crippen LogP contribution in [0.3, 0.4) is 0 Å². The van der Waals surface area contributed by atoms with E-state index in [1.54, 1.807) is 17.6 Å². The Balaban J connectivity index is 2.46. The molecule has 80 valence electrons. The summed E-state index contributed by atoms with van der Waals surface area (Å²) in [5.74, 6) is 0.870. The van der Waals surface area contributed by atoms with Crippen molar-refractivity contribution in [3.8, 4) is 10.8 Å². The van der Waals surface area contributed by atoms with E-state index >= 15 is 0 Å². The van der Waals surface area contributed by atoms with Gasteiger partial charge in [-0.3, -0.25) is 0 Å². The highest BCUT2D eigenvalue weighted by atomic mass is 32.1. The number of aromatic nitrogens is 1. The van der Waals surface area contributed by atoms with Crippen LogP contribution in [0.1, 0.15) is 23.1 Å². The van der Waals surface area contributed by atoms with Crippen LogP contribution in [0.5, 0.6) is 0 Å². The van der Waals surface area contributed by atoms with Gasteiger partial charge in [0.2, 0.25) is 0 Å². The summed E-state index contributed by atoms with van der Waals surface area (Å²) >= 11 is 1.63. The molecule has 4 heteroatoms. The molecule has 0 radical (unpaired) electrons. The molecule has 0 fully saturated rings. The van der Waals surface area contributed by atoms with Crippen LogP contribution in [0.15, 0.2) is 16.7 Å². The molecule has 2 heterocycles. The van der Waals surface area contributed by atoms with Crippen LogP contribution in [0.4, 0.5) is 0 Å². The zero-order chi connectivity index (χ0) is 10.8. The molecule has 0 aliphatic carbocycles. The lowest BCUT2D eigenvalue weighted by atomic mass is 10.3. The van der Waals surface area contributed by atoms with Crippen LogP contribution >= 0.6 is 11.3 Å². The van der Waals surface area contributed by atoms with Crippen LogP contribution in [-0.4, -0.2) is 4.98 Å². The van der Waals surface area contributed by atoms with E-state index in [0.29, 0.717) is 6.54 Å². The average molecular weight is 222 g/mol. The molecule has 0 bridgehead atoms. The Morgan fingerprint density at radius 3 is 2.80 bits per heavy atom. The van der Waals surface area contributed by atoms with Gasteiger partial charge in [0.15, 0.2) is 10.8 Å². The summed E-state index contributed by atoms with van der Waals surface area (Å²) in [7, 11) is 0. The van der Waals surface area contributed by atoms with E-state index in [2.05, 4.69) is 11.9 Å². The second kappa shape index (κ2) is 4.16. The molecule has 0 aromatic carbocycles. The second-order valence-electron chi connectivity index (χ2n) is 3.38. The van der Waals surface area contributed by atoms with Crippen LogP contribution in [0.2, 0.25) is 0 Å². The normalized spacial score (nSPS) is 10.9. The lowest BCUT2D eigenvalue weighted by Gasteiger charge is -1.91. The maximum atomic E-state index is 5.67. The molecule has 2 aromatic heterocycles. The fourth-order valence-electron chi connectivity index (χ4n) is 1.51. The molecular weight excluding hydrogens is 208 g/mol. The van der Waals surface area contributed by atoms with Crippen molar-refractivity contribution in [1.82, 2.24) is 4.98 Å². The Bertz CT molecular complexity index is 437. The molecule has 2 aromatic rings. The van der Waals surface area contributed by atoms with Gasteiger partial charge < -0.3 is 10.2 Å². The first-order valence-corrected chi connectivity index (χ1v) is 5.81. The topological polar surface area (TPSA) is 52.0 Å². The standard InChI is InChI=1S/C11H14N2OS/c1-3-8-9(6-12)15-11(13-8)10-7(2)4-5-14-10/h4-5H,3,6,12H2,1-2H3. The number of aryl methyl sites for hydroxylation is 2. The zero-order valence-electron chi connectivity index (χ0n) is 8.91. The van der Waals surface area contributed by atoms with E-state index in [9.17, 15) is 0 Å². The SMILES string of the molecule is CCc1nc(-c2occc2C)sc1CN. The maximum Gasteiger partial charge on any atom is 0.165 e. The molecule has 0 aliphatic heterocycles. The monoisotopic (exact) mass is 222 g/mol. The van der Waals surface area contributed by atoms with E-state index < -0.39 is 0 Å². The molecule has 15 heavy (non-hydrogen) atoms. The van der Waals surface area contributed by atoms with E-state index in [0.717, 1.165) is 33.3 Å². The zero-order valence-corrected chi connectivity index (χ0v) is 9.73. The van der Waals surface area contributed by atoms with Gasteiger partial charge in [0, 0.05) is 11.4 Å². The van der Waals surface area contributed by atoms with Crippen molar-refractivity contribution >= 4 is 11.3 Å². The van der Waals surface area contributed by atoms with Gasteiger partial charge in [-0.05, 0) is 25.0 Å². The van der Waals surface area contributed by atoms with Gasteiger partial charge in [0.1, 0.15) is 0 Å². The largest absolute Gasteiger partial charge is 0.462 e. The second-order valence-corrected chi connectivity index (χ2v) is 4.46. The minimum absolute atomic E-state index is 0.556. The number of thiazole rings is 1. The van der Waals surface area contributed by atoms with Crippen LogP contribution < -0.4 is 5.73 Å². The number of nitrogens with zero attached hydrogens (tertiary/aromatic N) is 1. The first-order chi connectivity index (χ1) is 7.26. The third-order valence-corrected chi connectivity index (χ3v) is 3.47. The minimum Gasteiger partial charge on any atom is -0.462 e. The molecule has 2 N–H and O–H groups in total. The van der Waals surface area contributed by atoms with Crippen molar-refractivity contribution in [3.63, 3.8) is 0 Å². The Kier molecular flexibility index (Phi) is 2.88. The third-order valence-electron chi connectivity index (χ3n) is 2.35. The lowest BCUT2D eigenvalue weighted by Crippen LogP contribution is -1.96. The average Bonchev–Trinajstić information content (AvgIpc) is 2.82. The highest BCUT2D eigenvalue weighted by molar-refractivity contribution is 7.15. The molecule has 0 unspecified atom stereocenters. The molecule has 0 saturated heterocycles. The van der Waals surface area contributed by atoms with E-state index in [-0.39, 0.29) is 0 Å². The van der Waals surface area contributed by atoms with Crippen molar-refractivity contribution in [1.29, 1.82) is 0 Å². The Hall–Kier alpha value is -1.13. The number of rotatable bonds is 3. The van der Waals surface area contributed by atoms with Crippen LogP contribution in [0, 0.1) is 6.92 Å². The first-order valence-electron chi connectivity index (χ1n) is 4.99. The summed E-state index contributed by atoms with van der Waals surface area (Å²) in [4.78, 5) is 5.70. The number of furan rings is 1. The summed E-state index contributed by atoms with van der Waals surface area (Å²) in [6, 6.07) is 1.95. The van der Waals surface area contributed by atoms with Gasteiger partial charge in [-0.15, -0.1) is 11.3 Å². The van der Waals surface area contributed by atoms with Crippen LogP contribution in [-0.2, 0) is 13.0 Å². The quantitative estimate of drug-likeness (QED) is 0.868. The fraction of sp³-hybridized carbons (Fsp3) is 0.364. The van der Waals surface area contributed by atoms with Crippen molar-refractivity contribution in [2.75, 3.05) is 0 Å². The predicted octanol–water partition coefficient (Wildman–Crippen LogP) is 2.73. The molecule has 2 rings (SSSR count). The van der Waals surface area contributed by atoms with E-state index in [4.69, 9.17) is 10.2 Å². The van der Waals surface area contributed by atoms with Crippen molar-refractivity contribution in [3.05, 3.63) is 28.5 Å². The summed E-state index contributed by atoms with van der Waals surface area (Å²) in [5.41, 5.74) is 7.88. The fourth-order valence-corrected chi connectivity index (χ4v) is 2.59. The lowest BCUT2D eigenvalue weighted by molar-refractivity contribution is 0.580. The summed E-state index contributed by atoms with van der Waals surface area (Å²) in [5, 5.41) is 0.940. The first kappa shape index (κ1) is 10.4. The van der Waals surface area contributed by atoms with Gasteiger partial charge in [-0.2, -0.15) is 0 Å². The third kappa shape index (κ3) is 1.82. The maximum absolute atomic E-state index is 5.67. The molecule has 3 nitrogen and oxygen atoms in total. The minimum atomic E-state index is 0.556. The summed E-state index contributed by atoms with van der Waals surface area (Å²) in [6.45, 7) is 4.67. The Labute approximate surface area is 92.9 Å². The highest BCUT2D eigenvalue weighted by Gasteiger charge is 2.13. The van der Waals surface area contributed by atoms with Crippen LogP contribution in [0.25, 0.3) is 10.8 Å². The van der Waals surface area contributed by atoms with Gasteiger partial charge in [0.25, 0.3) is 0 Å². The summed E-state index contributed by atoms with van der Waals surface area (Å²) in [6.07, 6.45) is 2.61. The van der Waals surface area contributed by atoms with Crippen molar-refractivity contribution in [2.45, 2.75) is 26.8 Å². The molecular formula is C11H14N2OS. The van der Waals surface area contributed by atoms with Crippen molar-refractivity contribution < 1.29 is 4.42 Å². The molecule has 0 spiro atoms. The van der Waals surface area contributed by atoms with E-state index in [1.807, 2.05) is 13.0 Å². The summed E-state index contributed by atoms with van der Waals surface area (Å²) < 4.78 is 5.41. The van der Waals surface area contributed by atoms with Gasteiger partial charge in [-0.1, -0.05) is 6.92 Å². The predicted molar refractivity (Wildman–Crippen MR) is 61.8 cm³/mol. The highest BCUT2D eigenvalue weighted by Crippen LogP contribution is 2.30. The number of hydrogen-bond acceptors (Lipinski definition) is 4. The van der Waals surface area contributed by atoms with Crippen molar-refractivity contribution in [2.24, 2.45) is 5.73 Å². The Morgan fingerprint density at radius 2 is 2.33 bits per heavy atom. The molecule has 0 saturated carbocycles. The van der Waals surface area contributed by atoms with Gasteiger partial charge in [0.05, 0.1) is 12.0 Å².